The molecule has 0 saturated heterocycles. The molecule has 2 aromatic heterocycles. The van der Waals surface area contributed by atoms with Crippen LogP contribution in [-0.2, 0) is 9.53 Å². The number of nitrogens with two attached hydrogens (primary N) is 1. The maximum Gasteiger partial charge on any atom is 0.354 e. The minimum Gasteiger partial charge on any atom is -0.490 e. The minimum absolute atomic E-state index is 0.0707. The van der Waals surface area contributed by atoms with Gasteiger partial charge >= 0.3 is 11.7 Å². The van der Waals surface area contributed by atoms with E-state index in [4.69, 9.17) is 24.4 Å². The van der Waals surface area contributed by atoms with Gasteiger partial charge in [0.2, 0.25) is 11.6 Å². The molecule has 2 unspecified atom stereocenters. The van der Waals surface area contributed by atoms with E-state index < -0.39 is 22.5 Å². The molecule has 0 bridgehead atoms. The molecule has 3 aromatic rings. The number of furan rings is 1. The summed E-state index contributed by atoms with van der Waals surface area (Å²) in [7, 11) is 0. The van der Waals surface area contributed by atoms with Crippen LogP contribution >= 0.6 is 11.3 Å². The van der Waals surface area contributed by atoms with Gasteiger partial charge in [-0.3, -0.25) is 14.9 Å². The van der Waals surface area contributed by atoms with E-state index in [2.05, 4.69) is 0 Å². The van der Waals surface area contributed by atoms with Crippen molar-refractivity contribution in [3.8, 4) is 17.6 Å². The molecular weight excluding hydrogens is 526 g/mol. The monoisotopic (exact) mass is 547 g/mol. The van der Waals surface area contributed by atoms with Crippen LogP contribution < -0.4 is 15.2 Å². The smallest absolute Gasteiger partial charge is 0.354 e. The Morgan fingerprint density at radius 1 is 1.31 bits per heavy atom. The van der Waals surface area contributed by atoms with Crippen molar-refractivity contribution in [1.82, 2.24) is 0 Å². The van der Waals surface area contributed by atoms with Crippen LogP contribution in [0.25, 0.3) is 0 Å². The Balaban J connectivity index is 1.64. The number of nitriles is 1. The topological polar surface area (TPSA) is 168 Å². The summed E-state index contributed by atoms with van der Waals surface area (Å²) in [6, 6.07) is 11.2. The Kier molecular flexibility index (Phi) is 6.91. The fourth-order valence-corrected chi connectivity index (χ4v) is 5.38. The van der Waals surface area contributed by atoms with Gasteiger partial charge in [0.25, 0.3) is 0 Å². The number of ether oxygens (including phenoxy) is 3. The molecule has 39 heavy (non-hydrogen) atoms. The molecule has 0 fully saturated rings. The first-order chi connectivity index (χ1) is 18.8. The second-order valence-corrected chi connectivity index (χ2v) is 9.68. The molecule has 3 heterocycles. The summed E-state index contributed by atoms with van der Waals surface area (Å²) in [4.78, 5) is 37.8. The second kappa shape index (κ2) is 10.5. The van der Waals surface area contributed by atoms with Gasteiger partial charge in [-0.15, -0.1) is 11.3 Å². The van der Waals surface area contributed by atoms with Gasteiger partial charge < -0.3 is 24.4 Å². The number of allylic oxidation sites excluding steroid dienone is 3. The Hall–Kier alpha value is -4.89. The van der Waals surface area contributed by atoms with E-state index >= 15 is 0 Å². The van der Waals surface area contributed by atoms with Crippen LogP contribution in [0.3, 0.4) is 0 Å². The van der Waals surface area contributed by atoms with Crippen molar-refractivity contribution in [2.75, 3.05) is 6.61 Å². The fourth-order valence-electron chi connectivity index (χ4n) is 4.78. The predicted molar refractivity (Wildman–Crippen MR) is 137 cm³/mol. The van der Waals surface area contributed by atoms with Crippen LogP contribution in [0.2, 0.25) is 0 Å². The Labute approximate surface area is 225 Å². The highest BCUT2D eigenvalue weighted by molar-refractivity contribution is 7.12. The van der Waals surface area contributed by atoms with Crippen molar-refractivity contribution >= 4 is 28.8 Å². The molecule has 1 aliphatic heterocycles. The summed E-state index contributed by atoms with van der Waals surface area (Å²) in [5.74, 6) is -2.25. The summed E-state index contributed by atoms with van der Waals surface area (Å²) in [5, 5.41) is 23.8. The number of hydrogen-bond donors (Lipinski definition) is 1. The molecule has 2 atom stereocenters. The lowest BCUT2D eigenvalue weighted by Gasteiger charge is -2.33. The van der Waals surface area contributed by atoms with Gasteiger partial charge in [-0.2, -0.15) is 5.26 Å². The quantitative estimate of drug-likeness (QED) is 0.182. The average molecular weight is 548 g/mol. The largest absolute Gasteiger partial charge is 0.490 e. The summed E-state index contributed by atoms with van der Waals surface area (Å²) < 4.78 is 22.3. The number of benzene rings is 1. The predicted octanol–water partition coefficient (Wildman–Crippen LogP) is 5.08. The highest BCUT2D eigenvalue weighted by atomic mass is 32.1. The van der Waals surface area contributed by atoms with E-state index in [1.54, 1.807) is 30.5 Å². The van der Waals surface area contributed by atoms with E-state index in [-0.39, 0.29) is 75.9 Å². The van der Waals surface area contributed by atoms with Gasteiger partial charge in [0.15, 0.2) is 11.5 Å². The van der Waals surface area contributed by atoms with Crippen molar-refractivity contribution in [3.05, 3.63) is 97.1 Å². The van der Waals surface area contributed by atoms with Crippen molar-refractivity contribution < 1.29 is 33.1 Å². The lowest BCUT2D eigenvalue weighted by atomic mass is 9.74. The van der Waals surface area contributed by atoms with Crippen LogP contribution in [0.4, 0.5) is 5.69 Å². The number of hydrogen-bond acceptors (Lipinski definition) is 11. The zero-order chi connectivity index (χ0) is 27.7. The molecule has 12 heteroatoms. The van der Waals surface area contributed by atoms with Crippen LogP contribution in [0, 0.1) is 21.4 Å². The van der Waals surface area contributed by atoms with Crippen molar-refractivity contribution in [2.24, 2.45) is 5.73 Å². The lowest BCUT2D eigenvalue weighted by Crippen LogP contribution is -2.29. The van der Waals surface area contributed by atoms with E-state index in [0.29, 0.717) is 5.76 Å². The van der Waals surface area contributed by atoms with Crippen LogP contribution in [0.15, 0.2) is 75.2 Å². The van der Waals surface area contributed by atoms with Crippen LogP contribution in [0.1, 0.15) is 52.6 Å². The van der Waals surface area contributed by atoms with Crippen LogP contribution in [-0.4, -0.2) is 23.3 Å². The molecule has 1 aliphatic carbocycles. The molecule has 2 aliphatic rings. The molecule has 0 radical (unpaired) electrons. The number of ketones is 1. The van der Waals surface area contributed by atoms with Gasteiger partial charge in [-0.25, -0.2) is 4.79 Å². The summed E-state index contributed by atoms with van der Waals surface area (Å²) in [6.07, 6.45) is 1.88. The number of rotatable bonds is 7. The molecular formula is C27H21N3O8S. The highest BCUT2D eigenvalue weighted by Crippen LogP contribution is 2.49. The maximum atomic E-state index is 13.5. The molecule has 11 nitrogen and oxygen atoms in total. The number of thiophene rings is 1. The first-order valence-electron chi connectivity index (χ1n) is 11.9. The molecule has 0 spiro atoms. The average Bonchev–Trinajstić information content (AvgIpc) is 3.63. The van der Waals surface area contributed by atoms with Gasteiger partial charge in [-0.05, 0) is 42.1 Å². The van der Waals surface area contributed by atoms with E-state index in [1.807, 2.05) is 6.07 Å². The third-order valence-corrected chi connectivity index (χ3v) is 7.26. The van der Waals surface area contributed by atoms with Gasteiger partial charge in [-0.1, -0.05) is 6.07 Å². The van der Waals surface area contributed by atoms with E-state index in [0.717, 1.165) is 17.4 Å². The first kappa shape index (κ1) is 25.7. The number of Topliss-reactive ketones (excluding diaryl/α,β-unsaturated/α-hetero) is 1. The second-order valence-electron chi connectivity index (χ2n) is 8.73. The molecule has 198 valence electrons. The Morgan fingerprint density at radius 2 is 2.13 bits per heavy atom. The highest BCUT2D eigenvalue weighted by Gasteiger charge is 2.42. The van der Waals surface area contributed by atoms with Crippen LogP contribution in [0.5, 0.6) is 11.5 Å². The summed E-state index contributed by atoms with van der Waals surface area (Å²) >= 11 is 1.12. The van der Waals surface area contributed by atoms with Crippen molar-refractivity contribution in [1.29, 1.82) is 5.26 Å². The normalized spacial score (nSPS) is 18.7. The minimum atomic E-state index is -1.05. The third kappa shape index (κ3) is 4.75. The zero-order valence-electron chi connectivity index (χ0n) is 20.5. The summed E-state index contributed by atoms with van der Waals surface area (Å²) in [5.41, 5.74) is 5.85. The van der Waals surface area contributed by atoms with E-state index in [9.17, 15) is 25.0 Å². The standard InChI is InChI=1S/C27H21N3O8S/c1-2-35-21-12-15(9-17(30(33)34)25(21)38-27(32)22-6-4-8-39-22)23-16(13-28)26(29)37-20-11-14(10-18(31)24(20)23)19-5-3-7-36-19/h3-9,12,14,23H,2,10-11,29H2,1H3. The van der Waals surface area contributed by atoms with Gasteiger partial charge in [0, 0.05) is 30.4 Å². The number of carbonyl (C=O) groups excluding carboxylic acids is 2. The number of nitro groups is 1. The number of nitro benzene ring substituents is 1. The Bertz CT molecular complexity index is 1560. The fraction of sp³-hybridized carbons (Fsp3) is 0.222. The number of esters is 1. The van der Waals surface area contributed by atoms with Gasteiger partial charge in [0.1, 0.15) is 28.0 Å². The molecule has 0 amide bonds. The Morgan fingerprint density at radius 3 is 2.77 bits per heavy atom. The molecule has 2 N–H and O–H groups in total. The lowest BCUT2D eigenvalue weighted by molar-refractivity contribution is -0.385. The molecule has 0 saturated carbocycles. The SMILES string of the molecule is CCOc1cc(C2C(C#N)=C(N)OC3=C2C(=O)CC(c2ccco2)C3)cc([N+](=O)[O-])c1OC(=O)c1cccs1. The number of carbonyl (C=O) groups is 2. The van der Waals surface area contributed by atoms with Gasteiger partial charge in [0.05, 0.1) is 23.7 Å². The summed E-state index contributed by atoms with van der Waals surface area (Å²) in [6.45, 7) is 1.76. The number of nitrogens with zero attached hydrogens (tertiary/aromatic N) is 2. The molecule has 1 aromatic carbocycles. The molecule has 5 rings (SSSR count). The third-order valence-electron chi connectivity index (χ3n) is 6.41. The van der Waals surface area contributed by atoms with Crippen molar-refractivity contribution in [3.63, 3.8) is 0 Å². The van der Waals surface area contributed by atoms with E-state index in [1.165, 1.54) is 18.4 Å². The zero-order valence-corrected chi connectivity index (χ0v) is 21.4. The maximum absolute atomic E-state index is 13.5. The van der Waals surface area contributed by atoms with Crippen molar-refractivity contribution in [2.45, 2.75) is 31.6 Å². The first-order valence-corrected chi connectivity index (χ1v) is 12.8.